The molecule has 3 heterocycles. The first kappa shape index (κ1) is 17.7. The van der Waals surface area contributed by atoms with Crippen LogP contribution in [0.25, 0.3) is 0 Å². The van der Waals surface area contributed by atoms with Gasteiger partial charge in [0.15, 0.2) is 0 Å². The summed E-state index contributed by atoms with van der Waals surface area (Å²) in [4.78, 5) is 18.9. The summed E-state index contributed by atoms with van der Waals surface area (Å²) in [6.07, 6.45) is 2.09. The molecule has 1 fully saturated rings. The van der Waals surface area contributed by atoms with E-state index >= 15 is 0 Å². The summed E-state index contributed by atoms with van der Waals surface area (Å²) in [5.41, 5.74) is 4.02. The molecule has 0 spiro atoms. The Balaban J connectivity index is 1.60. The van der Waals surface area contributed by atoms with Gasteiger partial charge in [0, 0.05) is 31.1 Å². The summed E-state index contributed by atoms with van der Waals surface area (Å²) < 4.78 is 0. The Bertz CT molecular complexity index is 764. The van der Waals surface area contributed by atoms with Crippen LogP contribution in [0.4, 0.5) is 0 Å². The second-order valence-corrected chi connectivity index (χ2v) is 8.26. The van der Waals surface area contributed by atoms with E-state index in [0.717, 1.165) is 45.6 Å². The molecule has 0 bridgehead atoms. The van der Waals surface area contributed by atoms with Crippen LogP contribution in [0.2, 0.25) is 0 Å². The molecule has 1 N–H and O–H groups in total. The molecule has 0 aliphatic carbocycles. The average molecular weight is 370 g/mol. The van der Waals surface area contributed by atoms with Gasteiger partial charge in [-0.25, -0.2) is 0 Å². The number of amides is 1. The third-order valence-corrected chi connectivity index (χ3v) is 6.58. The maximum absolute atomic E-state index is 13.0. The molecular weight excluding hydrogens is 342 g/mol. The number of nitrogens with zero attached hydrogens (tertiary/aromatic N) is 2. The molecule has 1 aromatic heterocycles. The lowest BCUT2D eigenvalue weighted by Gasteiger charge is -2.37. The first-order chi connectivity index (χ1) is 12.7. The fourth-order valence-electron chi connectivity index (χ4n) is 4.17. The molecular formula is C21H27N3OS. The number of hydrogen-bond acceptors (Lipinski definition) is 4. The first-order valence-electron chi connectivity index (χ1n) is 9.58. The molecule has 138 valence electrons. The Morgan fingerprint density at radius 1 is 1.15 bits per heavy atom. The minimum absolute atomic E-state index is 0.195. The minimum atomic E-state index is 0.195. The van der Waals surface area contributed by atoms with E-state index in [1.807, 2.05) is 16.2 Å². The molecule has 1 saturated heterocycles. The fourth-order valence-corrected chi connectivity index (χ4v) is 5.07. The molecule has 2 aliphatic heterocycles. The maximum atomic E-state index is 13.0. The van der Waals surface area contributed by atoms with Gasteiger partial charge in [-0.2, -0.15) is 0 Å². The molecule has 2 aromatic rings. The van der Waals surface area contributed by atoms with Gasteiger partial charge >= 0.3 is 0 Å². The van der Waals surface area contributed by atoms with Crippen LogP contribution in [0.1, 0.15) is 34.0 Å². The third kappa shape index (κ3) is 3.56. The van der Waals surface area contributed by atoms with Gasteiger partial charge < -0.3 is 10.2 Å². The molecule has 2 aliphatic rings. The van der Waals surface area contributed by atoms with E-state index in [9.17, 15) is 4.79 Å². The number of rotatable bonds is 3. The largest absolute Gasteiger partial charge is 0.340 e. The first-order valence-corrected chi connectivity index (χ1v) is 10.5. The monoisotopic (exact) mass is 369 g/mol. The van der Waals surface area contributed by atoms with Crippen molar-refractivity contribution >= 4 is 17.2 Å². The number of hydrogen-bond donors (Lipinski definition) is 1. The van der Waals surface area contributed by atoms with Gasteiger partial charge in [0.25, 0.3) is 0 Å². The number of carbonyl (C=O) groups excluding carboxylic acids is 1. The highest BCUT2D eigenvalue weighted by molar-refractivity contribution is 7.10. The van der Waals surface area contributed by atoms with Crippen LogP contribution in [-0.4, -0.2) is 55.0 Å². The highest BCUT2D eigenvalue weighted by Gasteiger charge is 2.32. The average Bonchev–Trinajstić information content (AvgIpc) is 2.95. The Kier molecular flexibility index (Phi) is 5.38. The molecule has 26 heavy (non-hydrogen) atoms. The van der Waals surface area contributed by atoms with Crippen molar-refractivity contribution in [1.29, 1.82) is 0 Å². The molecule has 1 amide bonds. The summed E-state index contributed by atoms with van der Waals surface area (Å²) in [5, 5.41) is 5.58. The molecule has 1 aromatic carbocycles. The number of fused-ring (bicyclic) bond motifs is 1. The second-order valence-electron chi connectivity index (χ2n) is 7.26. The van der Waals surface area contributed by atoms with Crippen LogP contribution in [0, 0.1) is 6.92 Å². The predicted molar refractivity (Wildman–Crippen MR) is 107 cm³/mol. The van der Waals surface area contributed by atoms with Gasteiger partial charge in [-0.1, -0.05) is 24.3 Å². The van der Waals surface area contributed by atoms with Gasteiger partial charge in [-0.15, -0.1) is 11.3 Å². The van der Waals surface area contributed by atoms with Crippen molar-refractivity contribution in [1.82, 2.24) is 15.1 Å². The lowest BCUT2D eigenvalue weighted by atomic mass is 9.90. The summed E-state index contributed by atoms with van der Waals surface area (Å²) in [7, 11) is 0. The summed E-state index contributed by atoms with van der Waals surface area (Å²) >= 11 is 1.85. The number of benzene rings is 1. The normalized spacial score (nSPS) is 21.3. The van der Waals surface area contributed by atoms with Crippen molar-refractivity contribution in [3.8, 4) is 0 Å². The van der Waals surface area contributed by atoms with E-state index in [1.165, 1.54) is 21.6 Å². The highest BCUT2D eigenvalue weighted by Crippen LogP contribution is 2.38. The smallest absolute Gasteiger partial charge is 0.236 e. The zero-order valence-corrected chi connectivity index (χ0v) is 16.2. The lowest BCUT2D eigenvalue weighted by Crippen LogP contribution is -2.45. The Morgan fingerprint density at radius 2 is 2.04 bits per heavy atom. The van der Waals surface area contributed by atoms with Gasteiger partial charge in [-0.05, 0) is 54.4 Å². The van der Waals surface area contributed by atoms with Crippen LogP contribution in [0.3, 0.4) is 0 Å². The summed E-state index contributed by atoms with van der Waals surface area (Å²) in [6, 6.07) is 11.1. The molecule has 0 radical (unpaired) electrons. The van der Waals surface area contributed by atoms with E-state index in [-0.39, 0.29) is 11.9 Å². The highest BCUT2D eigenvalue weighted by atomic mass is 32.1. The standard InChI is InChI=1S/C21H27N3OS/c1-16-5-2-3-6-17(16)21-18-8-14-26-19(18)7-12-24(21)15-20(25)23-11-4-9-22-10-13-23/h2-3,5-6,8,14,21-22H,4,7,9-13,15H2,1H3. The van der Waals surface area contributed by atoms with E-state index in [1.54, 1.807) is 0 Å². The van der Waals surface area contributed by atoms with Crippen molar-refractivity contribution in [2.75, 3.05) is 39.3 Å². The van der Waals surface area contributed by atoms with Gasteiger partial charge in [0.05, 0.1) is 12.6 Å². The van der Waals surface area contributed by atoms with Gasteiger partial charge in [-0.3, -0.25) is 9.69 Å². The molecule has 4 nitrogen and oxygen atoms in total. The third-order valence-electron chi connectivity index (χ3n) is 5.58. The Labute approximate surface area is 159 Å². The van der Waals surface area contributed by atoms with E-state index in [4.69, 9.17) is 0 Å². The van der Waals surface area contributed by atoms with Gasteiger partial charge in [0.2, 0.25) is 5.91 Å². The minimum Gasteiger partial charge on any atom is -0.340 e. The molecule has 1 unspecified atom stereocenters. The van der Waals surface area contributed by atoms with Crippen LogP contribution in [0.5, 0.6) is 0 Å². The molecule has 5 heteroatoms. The summed E-state index contributed by atoms with van der Waals surface area (Å²) in [5.74, 6) is 0.269. The molecule has 1 atom stereocenters. The Morgan fingerprint density at radius 3 is 2.92 bits per heavy atom. The number of nitrogens with one attached hydrogen (secondary N) is 1. The Hall–Kier alpha value is -1.69. The van der Waals surface area contributed by atoms with Crippen LogP contribution < -0.4 is 5.32 Å². The van der Waals surface area contributed by atoms with E-state index in [0.29, 0.717) is 6.54 Å². The van der Waals surface area contributed by atoms with Crippen LogP contribution in [0.15, 0.2) is 35.7 Å². The summed E-state index contributed by atoms with van der Waals surface area (Å²) in [6.45, 7) is 7.25. The van der Waals surface area contributed by atoms with Crippen LogP contribution in [-0.2, 0) is 11.2 Å². The zero-order chi connectivity index (χ0) is 17.9. The van der Waals surface area contributed by atoms with Gasteiger partial charge in [0.1, 0.15) is 0 Å². The number of aryl methyl sites for hydroxylation is 1. The topological polar surface area (TPSA) is 35.6 Å². The molecule has 4 rings (SSSR count). The SMILES string of the molecule is Cc1ccccc1C1c2ccsc2CCN1CC(=O)N1CCCNCC1. The van der Waals surface area contributed by atoms with Crippen molar-refractivity contribution in [2.45, 2.75) is 25.8 Å². The van der Waals surface area contributed by atoms with Crippen molar-refractivity contribution < 1.29 is 4.79 Å². The zero-order valence-electron chi connectivity index (χ0n) is 15.4. The van der Waals surface area contributed by atoms with Crippen molar-refractivity contribution in [2.24, 2.45) is 0 Å². The maximum Gasteiger partial charge on any atom is 0.236 e. The fraction of sp³-hybridized carbons (Fsp3) is 0.476. The quantitative estimate of drug-likeness (QED) is 0.904. The van der Waals surface area contributed by atoms with Crippen LogP contribution >= 0.6 is 11.3 Å². The van der Waals surface area contributed by atoms with E-state index < -0.39 is 0 Å². The lowest BCUT2D eigenvalue weighted by molar-refractivity contribution is -0.132. The van der Waals surface area contributed by atoms with E-state index in [2.05, 4.69) is 52.9 Å². The number of carbonyl (C=O) groups is 1. The van der Waals surface area contributed by atoms with Crippen molar-refractivity contribution in [3.05, 3.63) is 57.3 Å². The van der Waals surface area contributed by atoms with Crippen molar-refractivity contribution in [3.63, 3.8) is 0 Å². The second kappa shape index (κ2) is 7.91. The predicted octanol–water partition coefficient (Wildman–Crippen LogP) is 2.83. The molecule has 0 saturated carbocycles. The number of thiophene rings is 1.